The molecule has 0 atom stereocenters. The first-order chi connectivity index (χ1) is 14.8. The van der Waals surface area contributed by atoms with Crippen LogP contribution in [0.2, 0.25) is 0 Å². The zero-order chi connectivity index (χ0) is 22.2. The van der Waals surface area contributed by atoms with Crippen molar-refractivity contribution in [2.75, 3.05) is 10.6 Å². The average Bonchev–Trinajstić information content (AvgIpc) is 2.75. The van der Waals surface area contributed by atoms with Crippen molar-refractivity contribution in [3.63, 3.8) is 0 Å². The van der Waals surface area contributed by atoms with Crippen LogP contribution in [0.15, 0.2) is 54.6 Å². The van der Waals surface area contributed by atoms with Gasteiger partial charge >= 0.3 is 0 Å². The third-order valence-corrected chi connectivity index (χ3v) is 5.43. The van der Waals surface area contributed by atoms with Gasteiger partial charge in [-0.2, -0.15) is 5.26 Å². The molecule has 3 aromatic carbocycles. The molecule has 0 aliphatic carbocycles. The minimum absolute atomic E-state index is 0.0882. The molecule has 1 amide bonds. The number of anilines is 2. The normalized spacial score (nSPS) is 14.1. The zero-order valence-electron chi connectivity index (χ0n) is 17.5. The Labute approximate surface area is 180 Å². The highest BCUT2D eigenvalue weighted by molar-refractivity contribution is 6.07. The highest BCUT2D eigenvalue weighted by Gasteiger charge is 2.34. The summed E-state index contributed by atoms with van der Waals surface area (Å²) >= 11 is 0. The van der Waals surface area contributed by atoms with E-state index in [1.165, 1.54) is 12.1 Å². The molecule has 31 heavy (non-hydrogen) atoms. The average molecular weight is 415 g/mol. The Kier molecular flexibility index (Phi) is 5.12. The molecule has 0 saturated heterocycles. The Morgan fingerprint density at radius 2 is 1.87 bits per heavy atom. The molecule has 0 fully saturated rings. The van der Waals surface area contributed by atoms with Crippen molar-refractivity contribution in [1.82, 2.24) is 0 Å². The maximum atomic E-state index is 13.7. The van der Waals surface area contributed by atoms with Gasteiger partial charge in [0.1, 0.15) is 23.7 Å². The van der Waals surface area contributed by atoms with E-state index in [-0.39, 0.29) is 18.3 Å². The van der Waals surface area contributed by atoms with Crippen LogP contribution in [0.1, 0.15) is 30.5 Å². The number of benzene rings is 3. The number of carbonyl (C=O) groups is 1. The van der Waals surface area contributed by atoms with E-state index >= 15 is 0 Å². The summed E-state index contributed by atoms with van der Waals surface area (Å²) in [6.45, 7) is 5.53. The quantitative estimate of drug-likeness (QED) is 0.599. The lowest BCUT2D eigenvalue weighted by Gasteiger charge is -2.34. The van der Waals surface area contributed by atoms with Crippen LogP contribution < -0.4 is 15.4 Å². The van der Waals surface area contributed by atoms with Crippen molar-refractivity contribution in [1.29, 1.82) is 5.26 Å². The van der Waals surface area contributed by atoms with Crippen LogP contribution >= 0.6 is 0 Å². The van der Waals surface area contributed by atoms with Gasteiger partial charge in [-0.25, -0.2) is 4.39 Å². The van der Waals surface area contributed by atoms with Crippen LogP contribution in [0.5, 0.6) is 5.75 Å². The van der Waals surface area contributed by atoms with E-state index in [2.05, 4.69) is 16.7 Å². The van der Waals surface area contributed by atoms with E-state index in [0.717, 1.165) is 22.4 Å². The Hall–Kier alpha value is -3.85. The maximum Gasteiger partial charge on any atom is 0.249 e. The first-order valence-corrected chi connectivity index (χ1v) is 9.94. The lowest BCUT2D eigenvalue weighted by Crippen LogP contribution is -2.47. The molecule has 1 aliphatic rings. The summed E-state index contributed by atoms with van der Waals surface area (Å²) in [7, 11) is 0. The third-order valence-electron chi connectivity index (χ3n) is 5.43. The first-order valence-electron chi connectivity index (χ1n) is 9.94. The van der Waals surface area contributed by atoms with Crippen molar-refractivity contribution in [3.05, 3.63) is 77.1 Å². The Morgan fingerprint density at radius 3 is 2.65 bits per heavy atom. The van der Waals surface area contributed by atoms with Crippen molar-refractivity contribution < 1.29 is 13.9 Å². The van der Waals surface area contributed by atoms with Crippen molar-refractivity contribution >= 4 is 17.3 Å². The van der Waals surface area contributed by atoms with Gasteiger partial charge in [0, 0.05) is 11.6 Å². The van der Waals surface area contributed by atoms with E-state index in [9.17, 15) is 14.4 Å². The summed E-state index contributed by atoms with van der Waals surface area (Å²) in [6, 6.07) is 17.7. The fourth-order valence-electron chi connectivity index (χ4n) is 3.66. The van der Waals surface area contributed by atoms with Crippen molar-refractivity contribution in [3.8, 4) is 22.9 Å². The van der Waals surface area contributed by atoms with Gasteiger partial charge in [0.15, 0.2) is 0 Å². The monoisotopic (exact) mass is 415 g/mol. The van der Waals surface area contributed by atoms with Gasteiger partial charge in [-0.1, -0.05) is 30.3 Å². The fraction of sp³-hybridized carbons (Fsp3) is 0.200. The number of ether oxygens (including phenoxy) is 1. The van der Waals surface area contributed by atoms with Crippen LogP contribution in [-0.2, 0) is 11.4 Å². The largest absolute Gasteiger partial charge is 0.488 e. The molecule has 1 heterocycles. The number of halogens is 1. The summed E-state index contributed by atoms with van der Waals surface area (Å²) < 4.78 is 19.7. The number of nitriles is 1. The molecular weight excluding hydrogens is 393 g/mol. The van der Waals surface area contributed by atoms with E-state index < -0.39 is 5.54 Å². The van der Waals surface area contributed by atoms with E-state index in [4.69, 9.17) is 4.74 Å². The second-order valence-electron chi connectivity index (χ2n) is 8.07. The number of hydrogen-bond acceptors (Lipinski definition) is 4. The zero-order valence-corrected chi connectivity index (χ0v) is 17.5. The van der Waals surface area contributed by atoms with Gasteiger partial charge in [0.2, 0.25) is 5.91 Å². The van der Waals surface area contributed by atoms with E-state index in [1.807, 2.05) is 31.2 Å². The van der Waals surface area contributed by atoms with Crippen molar-refractivity contribution in [2.24, 2.45) is 0 Å². The van der Waals surface area contributed by atoms with Gasteiger partial charge in [-0.15, -0.1) is 0 Å². The molecule has 0 unspecified atom stereocenters. The smallest absolute Gasteiger partial charge is 0.249 e. The first kappa shape index (κ1) is 20.4. The van der Waals surface area contributed by atoms with Gasteiger partial charge in [0.05, 0.1) is 23.0 Å². The number of hydrogen-bond donors (Lipinski definition) is 2. The fourth-order valence-corrected chi connectivity index (χ4v) is 3.66. The minimum Gasteiger partial charge on any atom is -0.488 e. The number of nitrogens with zero attached hydrogens (tertiary/aromatic N) is 1. The second kappa shape index (κ2) is 7.77. The Balaban J connectivity index is 1.85. The lowest BCUT2D eigenvalue weighted by atomic mass is 9.91. The maximum absolute atomic E-state index is 13.7. The third kappa shape index (κ3) is 3.82. The summed E-state index contributed by atoms with van der Waals surface area (Å²) in [4.78, 5) is 12.7. The predicted molar refractivity (Wildman–Crippen MR) is 118 cm³/mol. The van der Waals surface area contributed by atoms with Gasteiger partial charge < -0.3 is 15.4 Å². The summed E-state index contributed by atoms with van der Waals surface area (Å²) in [5, 5.41) is 15.8. The number of nitrogens with one attached hydrogen (secondary N) is 2. The van der Waals surface area contributed by atoms with E-state index in [0.29, 0.717) is 22.6 Å². The number of amides is 1. The Bertz CT molecular complexity index is 1230. The molecule has 0 aromatic heterocycles. The Morgan fingerprint density at radius 1 is 1.10 bits per heavy atom. The summed E-state index contributed by atoms with van der Waals surface area (Å²) in [6.07, 6.45) is 0. The van der Waals surface area contributed by atoms with Gasteiger partial charge in [-0.3, -0.25) is 4.79 Å². The van der Waals surface area contributed by atoms with Crippen LogP contribution in [0, 0.1) is 24.1 Å². The molecule has 0 radical (unpaired) electrons. The number of rotatable bonds is 4. The molecule has 0 saturated carbocycles. The van der Waals surface area contributed by atoms with Gasteiger partial charge in [0.25, 0.3) is 0 Å². The van der Waals surface area contributed by atoms with Crippen LogP contribution in [0.25, 0.3) is 11.1 Å². The SMILES string of the molecule is Cc1ccc(F)cc1OCc1c(-c2ccccc2C#N)ccc2c1NC(=O)C(C)(C)N2. The highest BCUT2D eigenvalue weighted by atomic mass is 19.1. The van der Waals surface area contributed by atoms with Crippen molar-refractivity contribution in [2.45, 2.75) is 32.9 Å². The lowest BCUT2D eigenvalue weighted by molar-refractivity contribution is -0.119. The molecule has 4 rings (SSSR count). The minimum atomic E-state index is -0.768. The topological polar surface area (TPSA) is 74.1 Å². The van der Waals surface area contributed by atoms with Crippen LogP contribution in [0.3, 0.4) is 0 Å². The van der Waals surface area contributed by atoms with Gasteiger partial charge in [-0.05, 0) is 55.7 Å². The number of carbonyl (C=O) groups excluding carboxylic acids is 1. The molecule has 1 aliphatic heterocycles. The van der Waals surface area contributed by atoms with Crippen LogP contribution in [0.4, 0.5) is 15.8 Å². The molecule has 2 N–H and O–H groups in total. The standard InChI is InChI=1S/C25H22FN3O2/c1-15-8-9-17(26)12-22(15)31-14-20-19(18-7-5-4-6-16(18)13-27)10-11-21-23(20)28-24(30)25(2,3)29-21/h4-12,29H,14H2,1-3H3,(H,28,30). The summed E-state index contributed by atoms with van der Waals surface area (Å²) in [5.41, 5.74) is 4.13. The van der Waals surface area contributed by atoms with Crippen LogP contribution in [-0.4, -0.2) is 11.4 Å². The molecule has 0 bridgehead atoms. The molecule has 5 nitrogen and oxygen atoms in total. The molecule has 6 heteroatoms. The highest BCUT2D eigenvalue weighted by Crippen LogP contribution is 2.40. The molecular formula is C25H22FN3O2. The second-order valence-corrected chi connectivity index (χ2v) is 8.07. The summed E-state index contributed by atoms with van der Waals surface area (Å²) in [5.74, 6) is -0.135. The molecule has 0 spiro atoms. The number of aryl methyl sites for hydroxylation is 1. The molecule has 3 aromatic rings. The molecule has 156 valence electrons. The van der Waals surface area contributed by atoms with E-state index in [1.54, 1.807) is 32.0 Å². The predicted octanol–water partition coefficient (Wildman–Crippen LogP) is 5.39. The number of fused-ring (bicyclic) bond motifs is 1.